The molecule has 0 bridgehead atoms. The van der Waals surface area contributed by atoms with E-state index >= 15 is 0 Å². The van der Waals surface area contributed by atoms with Crippen molar-refractivity contribution in [1.82, 2.24) is 0 Å². The van der Waals surface area contributed by atoms with E-state index in [4.69, 9.17) is 5.11 Å². The van der Waals surface area contributed by atoms with E-state index in [9.17, 15) is 4.79 Å². The molecule has 2 nitrogen and oxygen atoms in total. The fraction of sp³-hybridized carbons (Fsp3) is 0.222. The number of benzene rings is 1. The van der Waals surface area contributed by atoms with Gasteiger partial charge in [0, 0.05) is 0 Å². The van der Waals surface area contributed by atoms with Crippen LogP contribution >= 0.6 is 0 Å². The maximum atomic E-state index is 10.5. The number of carboxylic acid groups (broad SMARTS) is 1. The summed E-state index contributed by atoms with van der Waals surface area (Å²) < 4.78 is 0. The molecular weight excluding hydrogens is 210 g/mol. The van der Waals surface area contributed by atoms with E-state index in [2.05, 4.69) is 0 Å². The van der Waals surface area contributed by atoms with Crippen molar-refractivity contribution < 1.29 is 9.90 Å². The second kappa shape index (κ2) is 5.06. The summed E-state index contributed by atoms with van der Waals surface area (Å²) in [5, 5.41) is 8.60. The van der Waals surface area contributed by atoms with Gasteiger partial charge in [-0.3, -0.25) is 0 Å². The molecule has 0 aliphatic heterocycles. The van der Waals surface area contributed by atoms with Crippen LogP contribution in [-0.2, 0) is 6.42 Å². The van der Waals surface area contributed by atoms with E-state index in [0.717, 1.165) is 12.0 Å². The van der Waals surface area contributed by atoms with Gasteiger partial charge >= 0.3 is 25.8 Å². The van der Waals surface area contributed by atoms with Gasteiger partial charge in [-0.05, 0) is 24.1 Å². The topological polar surface area (TPSA) is 37.3 Å². The zero-order chi connectivity index (χ0) is 8.27. The summed E-state index contributed by atoms with van der Waals surface area (Å²) in [6.45, 7) is 2.00. The predicted molar refractivity (Wildman–Crippen MR) is 52.7 cm³/mol. The zero-order valence-corrected chi connectivity index (χ0v) is 6.37. The van der Waals surface area contributed by atoms with Crippen LogP contribution in [0.5, 0.6) is 0 Å². The first-order valence-electron chi connectivity index (χ1n) is 3.56. The van der Waals surface area contributed by atoms with Gasteiger partial charge in [0.25, 0.3) is 0 Å². The summed E-state index contributed by atoms with van der Waals surface area (Å²) in [4.78, 5) is 10.5. The van der Waals surface area contributed by atoms with E-state index in [1.807, 2.05) is 13.0 Å². The predicted octanol–water partition coefficient (Wildman–Crippen LogP) is 0.763. The van der Waals surface area contributed by atoms with Crippen LogP contribution in [0.3, 0.4) is 0 Å². The summed E-state index contributed by atoms with van der Waals surface area (Å²) in [7, 11) is 0. The molecule has 12 heavy (non-hydrogen) atoms. The van der Waals surface area contributed by atoms with E-state index in [-0.39, 0.29) is 19.8 Å². The molecule has 0 unspecified atom stereocenters. The Hall–Kier alpha value is -0.674. The average Bonchev–Trinajstić information content (AvgIpc) is 2.05. The molecule has 0 heterocycles. The fourth-order valence-corrected chi connectivity index (χ4v) is 0.924. The average molecular weight is 223 g/mol. The van der Waals surface area contributed by atoms with Gasteiger partial charge in [-0.1, -0.05) is 19.1 Å². The second-order valence-electron chi connectivity index (χ2n) is 2.36. The Morgan fingerprint density at radius 1 is 1.50 bits per heavy atom. The van der Waals surface area contributed by atoms with Crippen LogP contribution in [-0.4, -0.2) is 30.9 Å². The molecule has 64 valence electrons. The number of rotatable bonds is 2. The van der Waals surface area contributed by atoms with Gasteiger partial charge in [-0.15, -0.1) is 0 Å². The van der Waals surface area contributed by atoms with Gasteiger partial charge in [0.1, 0.15) is 0 Å². The third-order valence-corrected chi connectivity index (χ3v) is 1.58. The first-order valence-corrected chi connectivity index (χ1v) is 3.56. The van der Waals surface area contributed by atoms with Gasteiger partial charge in [0.05, 0.1) is 5.56 Å². The molecule has 0 spiro atoms. The van der Waals surface area contributed by atoms with Crippen molar-refractivity contribution >= 4 is 25.8 Å². The van der Waals surface area contributed by atoms with Crippen LogP contribution < -0.4 is 0 Å². The van der Waals surface area contributed by atoms with Crippen LogP contribution in [0.1, 0.15) is 22.8 Å². The van der Waals surface area contributed by atoms with Crippen molar-refractivity contribution in [2.45, 2.75) is 13.3 Å². The van der Waals surface area contributed by atoms with Crippen LogP contribution in [0.2, 0.25) is 0 Å². The maximum absolute atomic E-state index is 10.5. The van der Waals surface area contributed by atoms with Crippen LogP contribution in [0.25, 0.3) is 0 Å². The Labute approximate surface area is 84.7 Å². The number of aromatic carboxylic acids is 1. The number of hydrogen-bond donors (Lipinski definition) is 1. The minimum atomic E-state index is -0.861. The van der Waals surface area contributed by atoms with Crippen molar-refractivity contribution in [3.63, 3.8) is 0 Å². The minimum absolute atomic E-state index is 0. The summed E-state index contributed by atoms with van der Waals surface area (Å²) >= 11 is 0. The molecule has 0 fully saturated rings. The summed E-state index contributed by atoms with van der Waals surface area (Å²) in [5.74, 6) is -0.861. The molecule has 0 radical (unpaired) electrons. The molecule has 1 N–H and O–H groups in total. The summed E-state index contributed by atoms with van der Waals surface area (Å²) in [5.41, 5.74) is 1.43. The van der Waals surface area contributed by atoms with Crippen LogP contribution in [0.4, 0.5) is 0 Å². The van der Waals surface area contributed by atoms with Gasteiger partial charge < -0.3 is 5.11 Å². The molecule has 0 saturated carbocycles. The molecule has 0 aliphatic rings. The number of hydrogen-bond acceptors (Lipinski definition) is 1. The molecule has 1 aromatic rings. The van der Waals surface area contributed by atoms with Crippen molar-refractivity contribution in [1.29, 1.82) is 0 Å². The monoisotopic (exact) mass is 222 g/mol. The first kappa shape index (κ1) is 11.3. The molecule has 0 aromatic heterocycles. The third kappa shape index (κ3) is 2.75. The Kier molecular flexibility index (Phi) is 4.77. The Morgan fingerprint density at radius 3 is 2.67 bits per heavy atom. The van der Waals surface area contributed by atoms with E-state index < -0.39 is 5.97 Å². The van der Waals surface area contributed by atoms with Gasteiger partial charge in [0.15, 0.2) is 0 Å². The second-order valence-corrected chi connectivity index (χ2v) is 2.36. The summed E-state index contributed by atoms with van der Waals surface area (Å²) in [6, 6.07) is 6.98. The normalized spacial score (nSPS) is 8.75. The molecular formula is C9H13GaO2. The SMILES string of the molecule is CCc1cccc(C(=O)O)c1.[GaH3]. The molecule has 3 heteroatoms. The molecule has 0 amide bonds. The molecule has 0 atom stereocenters. The number of aryl methyl sites for hydroxylation is 1. The molecule has 0 saturated heterocycles. The molecule has 1 aromatic carbocycles. The number of carboxylic acids is 1. The van der Waals surface area contributed by atoms with E-state index in [1.165, 1.54) is 0 Å². The fourth-order valence-electron chi connectivity index (χ4n) is 0.924. The Bertz CT molecular complexity index is 271. The van der Waals surface area contributed by atoms with Crippen LogP contribution in [0, 0.1) is 0 Å². The van der Waals surface area contributed by atoms with Crippen LogP contribution in [0.15, 0.2) is 24.3 Å². The standard InChI is InChI=1S/C9H10O2.Ga.3H/c1-2-7-4-3-5-8(6-7)9(10)11;;;;/h3-6H,2H2,1H3,(H,10,11);;;;. The Morgan fingerprint density at radius 2 is 2.17 bits per heavy atom. The first-order chi connectivity index (χ1) is 5.24. The van der Waals surface area contributed by atoms with Crippen molar-refractivity contribution in [3.8, 4) is 0 Å². The van der Waals surface area contributed by atoms with Gasteiger partial charge in [0.2, 0.25) is 0 Å². The van der Waals surface area contributed by atoms with E-state index in [1.54, 1.807) is 18.2 Å². The van der Waals surface area contributed by atoms with Crippen molar-refractivity contribution in [2.75, 3.05) is 0 Å². The molecule has 1 rings (SSSR count). The third-order valence-electron chi connectivity index (χ3n) is 1.58. The zero-order valence-electron chi connectivity index (χ0n) is 6.37. The van der Waals surface area contributed by atoms with E-state index in [0.29, 0.717) is 5.56 Å². The summed E-state index contributed by atoms with van der Waals surface area (Å²) in [6.07, 6.45) is 0.876. The number of carbonyl (C=O) groups is 1. The quantitative estimate of drug-likeness (QED) is 0.751. The van der Waals surface area contributed by atoms with Crippen molar-refractivity contribution in [2.24, 2.45) is 0 Å². The van der Waals surface area contributed by atoms with Crippen molar-refractivity contribution in [3.05, 3.63) is 35.4 Å². The van der Waals surface area contributed by atoms with Gasteiger partial charge in [-0.2, -0.15) is 0 Å². The Balaban J connectivity index is 0.00000121. The molecule has 0 aliphatic carbocycles. The van der Waals surface area contributed by atoms with Gasteiger partial charge in [-0.25, -0.2) is 4.79 Å².